The maximum Gasteiger partial charge on any atom is 0.192 e. The maximum absolute atomic E-state index is 4.63. The van der Waals surface area contributed by atoms with Gasteiger partial charge >= 0.3 is 0 Å². The third kappa shape index (κ3) is 4.10. The highest BCUT2D eigenvalue weighted by Crippen LogP contribution is 2.24. The van der Waals surface area contributed by atoms with Gasteiger partial charge in [-0.2, -0.15) is 0 Å². The van der Waals surface area contributed by atoms with Crippen LogP contribution >= 0.6 is 11.8 Å². The first kappa shape index (κ1) is 15.6. The average Bonchev–Trinajstić information content (AvgIpc) is 3.02. The van der Waals surface area contributed by atoms with Gasteiger partial charge in [-0.15, -0.1) is 0 Å². The molecule has 0 saturated carbocycles. The van der Waals surface area contributed by atoms with Gasteiger partial charge in [-0.05, 0) is 19.4 Å². The molecule has 2 aromatic heterocycles. The molecule has 0 fully saturated rings. The van der Waals surface area contributed by atoms with Gasteiger partial charge < -0.3 is 10.3 Å². The highest BCUT2D eigenvalue weighted by atomic mass is 32.2. The number of benzene rings is 1. The van der Waals surface area contributed by atoms with E-state index < -0.39 is 0 Å². The molecule has 3 rings (SSSR count). The largest absolute Gasteiger partial charge is 0.365 e. The summed E-state index contributed by atoms with van der Waals surface area (Å²) in [5.74, 6) is 1.63. The molecule has 0 aliphatic rings. The van der Waals surface area contributed by atoms with E-state index in [9.17, 15) is 0 Å². The third-order valence-corrected chi connectivity index (χ3v) is 4.17. The molecule has 23 heavy (non-hydrogen) atoms. The Morgan fingerprint density at radius 3 is 2.83 bits per heavy atom. The summed E-state index contributed by atoms with van der Waals surface area (Å²) in [4.78, 5) is 16.5. The Labute approximate surface area is 139 Å². The number of aromatic amines is 1. The lowest BCUT2D eigenvalue weighted by Gasteiger charge is -2.07. The van der Waals surface area contributed by atoms with Gasteiger partial charge in [0.1, 0.15) is 5.52 Å². The second-order valence-corrected chi connectivity index (χ2v) is 6.34. The Bertz CT molecular complexity index is 806. The summed E-state index contributed by atoms with van der Waals surface area (Å²) in [7, 11) is 0. The molecule has 6 heteroatoms. The van der Waals surface area contributed by atoms with Crippen LogP contribution in [-0.2, 0) is 5.75 Å². The van der Waals surface area contributed by atoms with Crippen LogP contribution in [0.3, 0.4) is 0 Å². The molecule has 5 nitrogen and oxygen atoms in total. The summed E-state index contributed by atoms with van der Waals surface area (Å²) in [6.45, 7) is 4.89. The number of fused-ring (bicyclic) bond motifs is 1. The minimum atomic E-state index is 0.690. The van der Waals surface area contributed by atoms with Gasteiger partial charge in [0.2, 0.25) is 0 Å². The van der Waals surface area contributed by atoms with E-state index in [0.29, 0.717) is 5.65 Å². The number of aromatic nitrogens is 4. The number of thioether (sulfide) groups is 1. The highest BCUT2D eigenvalue weighted by Gasteiger charge is 2.10. The first-order valence-corrected chi connectivity index (χ1v) is 8.46. The summed E-state index contributed by atoms with van der Waals surface area (Å²) in [6, 6.07) is 10.3. The van der Waals surface area contributed by atoms with E-state index in [2.05, 4.69) is 57.3 Å². The molecule has 0 unspecified atom stereocenters. The first-order valence-electron chi connectivity index (χ1n) is 7.47. The fourth-order valence-electron chi connectivity index (χ4n) is 2.08. The van der Waals surface area contributed by atoms with Gasteiger partial charge in [-0.25, -0.2) is 15.0 Å². The van der Waals surface area contributed by atoms with Crippen molar-refractivity contribution in [2.75, 3.05) is 11.9 Å². The Morgan fingerprint density at radius 1 is 1.22 bits per heavy atom. The lowest BCUT2D eigenvalue weighted by atomic mass is 10.2. The Balaban J connectivity index is 1.79. The van der Waals surface area contributed by atoms with Crippen molar-refractivity contribution in [3.63, 3.8) is 0 Å². The zero-order chi connectivity index (χ0) is 16.1. The van der Waals surface area contributed by atoms with E-state index in [1.54, 1.807) is 18.1 Å². The van der Waals surface area contributed by atoms with Crippen molar-refractivity contribution in [1.29, 1.82) is 0 Å². The molecule has 3 aromatic rings. The quantitative estimate of drug-likeness (QED) is 0.407. The van der Waals surface area contributed by atoms with E-state index in [-0.39, 0.29) is 0 Å². The minimum Gasteiger partial charge on any atom is -0.365 e. The zero-order valence-electron chi connectivity index (χ0n) is 13.2. The molecular formula is C17H19N5S. The van der Waals surface area contributed by atoms with E-state index in [1.165, 1.54) is 11.1 Å². The van der Waals surface area contributed by atoms with E-state index in [1.807, 2.05) is 18.2 Å². The first-order chi connectivity index (χ1) is 11.2. The summed E-state index contributed by atoms with van der Waals surface area (Å²) < 4.78 is 0. The Morgan fingerprint density at radius 2 is 2.04 bits per heavy atom. The molecule has 0 aliphatic carbocycles. The van der Waals surface area contributed by atoms with Gasteiger partial charge in [0.05, 0.1) is 6.33 Å². The fourth-order valence-corrected chi connectivity index (χ4v) is 2.87. The lowest BCUT2D eigenvalue weighted by molar-refractivity contribution is 0.988. The van der Waals surface area contributed by atoms with Crippen LogP contribution in [0.15, 0.2) is 53.5 Å². The smallest absolute Gasteiger partial charge is 0.192 e. The molecule has 0 aliphatic heterocycles. The molecule has 0 spiro atoms. The van der Waals surface area contributed by atoms with Crippen LogP contribution in [0.2, 0.25) is 0 Å². The van der Waals surface area contributed by atoms with Crippen LogP contribution in [-0.4, -0.2) is 26.5 Å². The highest BCUT2D eigenvalue weighted by molar-refractivity contribution is 7.98. The van der Waals surface area contributed by atoms with Gasteiger partial charge in [-0.1, -0.05) is 53.7 Å². The number of hydrogen-bond donors (Lipinski definition) is 2. The van der Waals surface area contributed by atoms with Crippen molar-refractivity contribution < 1.29 is 0 Å². The number of H-pyrrole nitrogens is 1. The van der Waals surface area contributed by atoms with Crippen molar-refractivity contribution >= 4 is 28.7 Å². The number of imidazole rings is 1. The van der Waals surface area contributed by atoms with E-state index in [4.69, 9.17) is 0 Å². The molecule has 1 aromatic carbocycles. The van der Waals surface area contributed by atoms with Gasteiger partial charge in [0, 0.05) is 12.3 Å². The topological polar surface area (TPSA) is 66.5 Å². The number of anilines is 1. The predicted octanol–water partition coefficient (Wildman–Crippen LogP) is 4.02. The summed E-state index contributed by atoms with van der Waals surface area (Å²) >= 11 is 1.61. The predicted molar refractivity (Wildman–Crippen MR) is 95.6 cm³/mol. The van der Waals surface area contributed by atoms with Crippen LogP contribution < -0.4 is 5.32 Å². The standard InChI is InChI=1S/C17H19N5S/c1-12(2)8-9-18-15-14-16(20-11-19-14)22-17(21-15)23-10-13-6-4-3-5-7-13/h3-8,11H,9-10H2,1-2H3,(H2,18,19,20,21,22). The maximum atomic E-state index is 4.63. The molecule has 0 radical (unpaired) electrons. The molecule has 2 heterocycles. The Hall–Kier alpha value is -2.34. The molecular weight excluding hydrogens is 306 g/mol. The van der Waals surface area contributed by atoms with E-state index in [0.717, 1.165) is 28.8 Å². The van der Waals surface area contributed by atoms with Crippen LogP contribution in [0.5, 0.6) is 0 Å². The van der Waals surface area contributed by atoms with Gasteiger partial charge in [0.15, 0.2) is 16.6 Å². The summed E-state index contributed by atoms with van der Waals surface area (Å²) in [5.41, 5.74) is 4.06. The molecule has 0 bridgehead atoms. The van der Waals surface area contributed by atoms with Crippen molar-refractivity contribution in [2.24, 2.45) is 0 Å². The Kier molecular flexibility index (Phi) is 4.92. The number of nitrogens with zero attached hydrogens (tertiary/aromatic N) is 3. The van der Waals surface area contributed by atoms with Gasteiger partial charge in [0.25, 0.3) is 0 Å². The summed E-state index contributed by atoms with van der Waals surface area (Å²) in [5, 5.41) is 4.06. The number of nitrogens with one attached hydrogen (secondary N) is 2. The number of hydrogen-bond acceptors (Lipinski definition) is 5. The SMILES string of the molecule is CC(C)=CCNc1nc(SCc2ccccc2)nc2nc[nH]c12. The average molecular weight is 325 g/mol. The molecule has 0 atom stereocenters. The fraction of sp³-hybridized carbons (Fsp3) is 0.235. The van der Waals surface area contributed by atoms with E-state index >= 15 is 0 Å². The third-order valence-electron chi connectivity index (χ3n) is 3.26. The number of allylic oxidation sites excluding steroid dienone is 1. The normalized spacial score (nSPS) is 10.7. The number of rotatable bonds is 6. The van der Waals surface area contributed by atoms with Gasteiger partial charge in [-0.3, -0.25) is 0 Å². The van der Waals surface area contributed by atoms with Crippen molar-refractivity contribution in [3.05, 3.63) is 53.9 Å². The molecule has 118 valence electrons. The molecule has 0 saturated heterocycles. The van der Waals surface area contributed by atoms with Crippen LogP contribution in [0.25, 0.3) is 11.2 Å². The van der Waals surface area contributed by atoms with Crippen molar-refractivity contribution in [1.82, 2.24) is 19.9 Å². The minimum absolute atomic E-state index is 0.690. The van der Waals surface area contributed by atoms with Crippen molar-refractivity contribution in [2.45, 2.75) is 24.8 Å². The second kappa shape index (κ2) is 7.28. The monoisotopic (exact) mass is 325 g/mol. The molecule has 0 amide bonds. The van der Waals surface area contributed by atoms with Crippen molar-refractivity contribution in [3.8, 4) is 0 Å². The van der Waals surface area contributed by atoms with Crippen LogP contribution in [0.4, 0.5) is 5.82 Å². The lowest BCUT2D eigenvalue weighted by Crippen LogP contribution is -2.04. The van der Waals surface area contributed by atoms with Crippen LogP contribution in [0, 0.1) is 0 Å². The zero-order valence-corrected chi connectivity index (χ0v) is 14.0. The summed E-state index contributed by atoms with van der Waals surface area (Å²) in [6.07, 6.45) is 3.78. The van der Waals surface area contributed by atoms with Crippen LogP contribution in [0.1, 0.15) is 19.4 Å². The molecule has 2 N–H and O–H groups in total. The second-order valence-electron chi connectivity index (χ2n) is 5.39.